The number of anilines is 1. The topological polar surface area (TPSA) is 137 Å². The largest absolute Gasteiger partial charge is 0.465 e. The first kappa shape index (κ1) is 21.8. The van der Waals surface area contributed by atoms with E-state index < -0.39 is 5.97 Å². The monoisotopic (exact) mass is 415 g/mol. The predicted octanol–water partition coefficient (Wildman–Crippen LogP) is 1.14. The molecule has 1 saturated carbocycles. The highest BCUT2D eigenvalue weighted by Crippen LogP contribution is 2.26. The van der Waals surface area contributed by atoms with Crippen LogP contribution in [0.2, 0.25) is 0 Å². The number of carbonyl (C=O) groups excluding carboxylic acids is 2. The Hall–Kier alpha value is -2.85. The number of nitrogens with zero attached hydrogens (tertiary/aromatic N) is 4. The van der Waals surface area contributed by atoms with Gasteiger partial charge >= 0.3 is 5.97 Å². The lowest BCUT2D eigenvalue weighted by Gasteiger charge is -2.30. The van der Waals surface area contributed by atoms with Crippen LogP contribution in [0.1, 0.15) is 57.0 Å². The molecule has 1 atom stereocenters. The van der Waals surface area contributed by atoms with Gasteiger partial charge in [0.2, 0.25) is 5.91 Å². The number of hydrogen-bond donors (Lipinski definition) is 3. The summed E-state index contributed by atoms with van der Waals surface area (Å²) in [7, 11) is 0. The number of esters is 1. The zero-order valence-electron chi connectivity index (χ0n) is 17.4. The summed E-state index contributed by atoms with van der Waals surface area (Å²) in [6.07, 6.45) is 3.83. The third-order valence-electron chi connectivity index (χ3n) is 5.14. The Bertz CT molecular complexity index is 844. The lowest BCUT2D eigenvalue weighted by Crippen LogP contribution is -2.40. The number of aromatic nitrogens is 4. The van der Waals surface area contributed by atoms with E-state index >= 15 is 0 Å². The summed E-state index contributed by atoms with van der Waals surface area (Å²) in [5, 5.41) is 18.4. The number of nitrogens with two attached hydrogens (primary N) is 1. The van der Waals surface area contributed by atoms with E-state index in [-0.39, 0.29) is 30.6 Å². The van der Waals surface area contributed by atoms with Gasteiger partial charge in [0.1, 0.15) is 6.54 Å². The van der Waals surface area contributed by atoms with Gasteiger partial charge in [-0.1, -0.05) is 12.1 Å². The molecule has 1 heterocycles. The van der Waals surface area contributed by atoms with Gasteiger partial charge < -0.3 is 21.1 Å². The number of ether oxygens (including phenoxy) is 1. The molecule has 1 aliphatic rings. The molecule has 1 aromatic carbocycles. The Kier molecular flexibility index (Phi) is 7.47. The molecule has 2 aromatic rings. The maximum Gasteiger partial charge on any atom is 0.327 e. The van der Waals surface area contributed by atoms with Crippen LogP contribution in [0, 0.1) is 0 Å². The van der Waals surface area contributed by atoms with Crippen molar-refractivity contribution in [1.82, 2.24) is 25.5 Å². The van der Waals surface area contributed by atoms with E-state index in [1.807, 2.05) is 24.3 Å². The Morgan fingerprint density at radius 3 is 2.57 bits per heavy atom. The normalized spacial score (nSPS) is 19.8. The SMILES string of the molecule is CCOC(=O)Cn1nnnc1C(NC1CCC(N)CC1)c1ccc(NC(C)=O)cc1. The molecule has 1 aromatic heterocycles. The number of benzene rings is 1. The second-order valence-corrected chi connectivity index (χ2v) is 7.51. The molecule has 3 rings (SSSR count). The maximum atomic E-state index is 12.0. The summed E-state index contributed by atoms with van der Waals surface area (Å²) in [5.74, 6) is 0.00833. The van der Waals surface area contributed by atoms with E-state index in [4.69, 9.17) is 10.5 Å². The van der Waals surface area contributed by atoms with Crippen molar-refractivity contribution in [2.24, 2.45) is 5.73 Å². The quantitative estimate of drug-likeness (QED) is 0.546. The Labute approximate surface area is 175 Å². The Morgan fingerprint density at radius 1 is 1.23 bits per heavy atom. The summed E-state index contributed by atoms with van der Waals surface area (Å²) in [4.78, 5) is 23.3. The van der Waals surface area contributed by atoms with Gasteiger partial charge in [-0.25, -0.2) is 4.68 Å². The van der Waals surface area contributed by atoms with E-state index in [0.717, 1.165) is 31.2 Å². The smallest absolute Gasteiger partial charge is 0.327 e. The van der Waals surface area contributed by atoms with Gasteiger partial charge in [-0.05, 0) is 60.7 Å². The zero-order chi connectivity index (χ0) is 21.5. The molecule has 0 bridgehead atoms. The van der Waals surface area contributed by atoms with Gasteiger partial charge in [0.15, 0.2) is 5.82 Å². The maximum absolute atomic E-state index is 12.0. The van der Waals surface area contributed by atoms with Crippen molar-refractivity contribution in [3.63, 3.8) is 0 Å². The highest BCUT2D eigenvalue weighted by Gasteiger charge is 2.27. The summed E-state index contributed by atoms with van der Waals surface area (Å²) in [6.45, 7) is 3.46. The number of rotatable bonds is 8. The minimum absolute atomic E-state index is 0.0616. The molecular formula is C20H29N7O3. The fraction of sp³-hybridized carbons (Fsp3) is 0.550. The zero-order valence-corrected chi connectivity index (χ0v) is 17.4. The van der Waals surface area contributed by atoms with E-state index in [2.05, 4.69) is 26.2 Å². The lowest BCUT2D eigenvalue weighted by molar-refractivity contribution is -0.144. The number of nitrogens with one attached hydrogen (secondary N) is 2. The highest BCUT2D eigenvalue weighted by atomic mass is 16.5. The van der Waals surface area contributed by atoms with Crippen molar-refractivity contribution in [2.75, 3.05) is 11.9 Å². The second-order valence-electron chi connectivity index (χ2n) is 7.51. The van der Waals surface area contributed by atoms with Crippen LogP contribution >= 0.6 is 0 Å². The molecule has 1 fully saturated rings. The first-order chi connectivity index (χ1) is 14.5. The number of amides is 1. The second kappa shape index (κ2) is 10.3. The van der Waals surface area contributed by atoms with Crippen LogP contribution in [0.25, 0.3) is 0 Å². The van der Waals surface area contributed by atoms with Crippen LogP contribution in [0.5, 0.6) is 0 Å². The van der Waals surface area contributed by atoms with Crippen molar-refractivity contribution in [3.05, 3.63) is 35.7 Å². The first-order valence-corrected chi connectivity index (χ1v) is 10.3. The summed E-state index contributed by atoms with van der Waals surface area (Å²) < 4.78 is 6.50. The van der Waals surface area contributed by atoms with E-state index in [1.54, 1.807) is 6.92 Å². The van der Waals surface area contributed by atoms with Crippen molar-refractivity contribution in [3.8, 4) is 0 Å². The standard InChI is InChI=1S/C20H29N7O3/c1-3-30-18(29)12-27-20(24-25-26-27)19(23-17-10-6-15(21)7-11-17)14-4-8-16(9-5-14)22-13(2)28/h4-5,8-9,15,17,19,23H,3,6-7,10-12,21H2,1-2H3,(H,22,28). The third-order valence-corrected chi connectivity index (χ3v) is 5.14. The molecule has 10 heteroatoms. The molecule has 0 aliphatic heterocycles. The van der Waals surface area contributed by atoms with Crippen molar-refractivity contribution in [2.45, 2.75) is 64.2 Å². The first-order valence-electron chi connectivity index (χ1n) is 10.3. The van der Waals surface area contributed by atoms with E-state index in [9.17, 15) is 9.59 Å². The molecule has 0 saturated heterocycles. The van der Waals surface area contributed by atoms with Gasteiger partial charge in [0, 0.05) is 24.7 Å². The third kappa shape index (κ3) is 5.83. The van der Waals surface area contributed by atoms with Crippen LogP contribution in [-0.2, 0) is 20.9 Å². The molecule has 30 heavy (non-hydrogen) atoms. The van der Waals surface area contributed by atoms with E-state index in [1.165, 1.54) is 11.6 Å². The summed E-state index contributed by atoms with van der Waals surface area (Å²) in [5.41, 5.74) is 7.68. The van der Waals surface area contributed by atoms with Crippen molar-refractivity contribution < 1.29 is 14.3 Å². The average molecular weight is 415 g/mol. The minimum Gasteiger partial charge on any atom is -0.465 e. The van der Waals surface area contributed by atoms with Gasteiger partial charge in [-0.15, -0.1) is 5.10 Å². The minimum atomic E-state index is -0.394. The Balaban J connectivity index is 1.85. The summed E-state index contributed by atoms with van der Waals surface area (Å²) in [6, 6.07) is 7.69. The number of hydrogen-bond acceptors (Lipinski definition) is 8. The molecule has 10 nitrogen and oxygen atoms in total. The molecule has 1 aliphatic carbocycles. The molecule has 1 amide bonds. The van der Waals surface area contributed by atoms with E-state index in [0.29, 0.717) is 18.1 Å². The van der Waals surface area contributed by atoms with Gasteiger partial charge in [-0.3, -0.25) is 9.59 Å². The van der Waals surface area contributed by atoms with Gasteiger partial charge in [0.05, 0.1) is 12.6 Å². The number of tetrazole rings is 1. The van der Waals surface area contributed by atoms with Gasteiger partial charge in [0.25, 0.3) is 0 Å². The molecule has 4 N–H and O–H groups in total. The lowest BCUT2D eigenvalue weighted by atomic mass is 9.90. The molecule has 0 radical (unpaired) electrons. The van der Waals surface area contributed by atoms with Crippen LogP contribution < -0.4 is 16.4 Å². The van der Waals surface area contributed by atoms with Crippen molar-refractivity contribution >= 4 is 17.6 Å². The van der Waals surface area contributed by atoms with Crippen LogP contribution in [-0.4, -0.2) is 50.8 Å². The Morgan fingerprint density at radius 2 is 1.93 bits per heavy atom. The average Bonchev–Trinajstić information content (AvgIpc) is 3.16. The molecule has 0 spiro atoms. The summed E-state index contributed by atoms with van der Waals surface area (Å²) >= 11 is 0. The highest BCUT2D eigenvalue weighted by molar-refractivity contribution is 5.88. The van der Waals surface area contributed by atoms with Crippen molar-refractivity contribution in [1.29, 1.82) is 0 Å². The van der Waals surface area contributed by atoms with Crippen LogP contribution in [0.3, 0.4) is 0 Å². The van der Waals surface area contributed by atoms with Crippen LogP contribution in [0.15, 0.2) is 24.3 Å². The van der Waals surface area contributed by atoms with Crippen LogP contribution in [0.4, 0.5) is 5.69 Å². The molecule has 1 unspecified atom stereocenters. The number of carbonyl (C=O) groups is 2. The molecular weight excluding hydrogens is 386 g/mol. The molecule has 162 valence electrons. The predicted molar refractivity (Wildman–Crippen MR) is 110 cm³/mol. The fourth-order valence-corrected chi connectivity index (χ4v) is 3.66. The fourth-order valence-electron chi connectivity index (χ4n) is 3.66. The van der Waals surface area contributed by atoms with Gasteiger partial charge in [-0.2, -0.15) is 0 Å².